The van der Waals surface area contributed by atoms with Crippen LogP contribution in [0.2, 0.25) is 0 Å². The van der Waals surface area contributed by atoms with E-state index in [2.05, 4.69) is 54.8 Å². The Balaban J connectivity index is 3.19. The largest absolute Gasteiger partial charge is 0.370 e. The van der Waals surface area contributed by atoms with Gasteiger partial charge >= 0.3 is 0 Å². The van der Waals surface area contributed by atoms with Gasteiger partial charge in [0.1, 0.15) is 18.0 Å². The molecule has 0 fully saturated rings. The highest BCUT2D eigenvalue weighted by molar-refractivity contribution is 5.60. The fraction of sp³-hybridized carbons (Fsp3) is 0.733. The molecule has 0 aliphatic heterocycles. The molecule has 0 atom stereocenters. The maximum absolute atomic E-state index is 4.56. The van der Waals surface area contributed by atoms with Crippen molar-refractivity contribution in [3.63, 3.8) is 0 Å². The second-order valence-electron chi connectivity index (χ2n) is 5.13. The standard InChI is InChI=1S/C15H28N4/c1-6-9-19(10-7-2)15-13(12(4)5)14(16-8-3)17-11-18-15/h11-12H,6-10H2,1-5H3,(H,16,17,18). The van der Waals surface area contributed by atoms with Gasteiger partial charge in [-0.2, -0.15) is 0 Å². The maximum Gasteiger partial charge on any atom is 0.137 e. The molecule has 0 radical (unpaired) electrons. The maximum atomic E-state index is 4.56. The van der Waals surface area contributed by atoms with Crippen LogP contribution in [0.1, 0.15) is 58.9 Å². The van der Waals surface area contributed by atoms with E-state index in [1.54, 1.807) is 6.33 Å². The number of anilines is 2. The Kier molecular flexibility index (Phi) is 6.60. The minimum atomic E-state index is 0.418. The summed E-state index contributed by atoms with van der Waals surface area (Å²) in [4.78, 5) is 11.3. The highest BCUT2D eigenvalue weighted by atomic mass is 15.2. The number of rotatable bonds is 8. The molecule has 1 N–H and O–H groups in total. The Morgan fingerprint density at radius 1 is 1.11 bits per heavy atom. The number of nitrogens with one attached hydrogen (secondary N) is 1. The number of hydrogen-bond donors (Lipinski definition) is 1. The molecule has 108 valence electrons. The Hall–Kier alpha value is -1.32. The summed E-state index contributed by atoms with van der Waals surface area (Å²) in [5.41, 5.74) is 1.24. The summed E-state index contributed by atoms with van der Waals surface area (Å²) in [6, 6.07) is 0. The van der Waals surface area contributed by atoms with E-state index in [-0.39, 0.29) is 0 Å². The van der Waals surface area contributed by atoms with Crippen molar-refractivity contribution in [1.29, 1.82) is 0 Å². The molecular formula is C15H28N4. The second-order valence-corrected chi connectivity index (χ2v) is 5.13. The van der Waals surface area contributed by atoms with E-state index in [0.717, 1.165) is 44.1 Å². The van der Waals surface area contributed by atoms with Crippen molar-refractivity contribution >= 4 is 11.6 Å². The van der Waals surface area contributed by atoms with Gasteiger partial charge in [0, 0.05) is 25.2 Å². The first-order valence-corrected chi connectivity index (χ1v) is 7.49. The molecular weight excluding hydrogens is 236 g/mol. The summed E-state index contributed by atoms with van der Waals surface area (Å²) >= 11 is 0. The van der Waals surface area contributed by atoms with Crippen molar-refractivity contribution < 1.29 is 0 Å². The highest BCUT2D eigenvalue weighted by Crippen LogP contribution is 2.30. The van der Waals surface area contributed by atoms with E-state index in [1.165, 1.54) is 5.56 Å². The summed E-state index contributed by atoms with van der Waals surface area (Å²) in [7, 11) is 0. The van der Waals surface area contributed by atoms with Crippen molar-refractivity contribution in [2.75, 3.05) is 29.9 Å². The first-order valence-electron chi connectivity index (χ1n) is 7.49. The molecule has 0 aliphatic carbocycles. The molecule has 0 saturated heterocycles. The van der Waals surface area contributed by atoms with Gasteiger partial charge in [0.2, 0.25) is 0 Å². The predicted molar refractivity (Wildman–Crippen MR) is 83.1 cm³/mol. The van der Waals surface area contributed by atoms with Gasteiger partial charge in [0.05, 0.1) is 0 Å². The molecule has 4 nitrogen and oxygen atoms in total. The van der Waals surface area contributed by atoms with Gasteiger partial charge < -0.3 is 10.2 Å². The van der Waals surface area contributed by atoms with E-state index >= 15 is 0 Å². The van der Waals surface area contributed by atoms with Gasteiger partial charge in [-0.3, -0.25) is 0 Å². The van der Waals surface area contributed by atoms with Crippen LogP contribution in [0.3, 0.4) is 0 Å². The SMILES string of the molecule is CCCN(CCC)c1ncnc(NCC)c1C(C)C. The number of aromatic nitrogens is 2. The lowest BCUT2D eigenvalue weighted by molar-refractivity contribution is 0.717. The summed E-state index contributed by atoms with van der Waals surface area (Å²) < 4.78 is 0. The van der Waals surface area contributed by atoms with E-state index < -0.39 is 0 Å². The van der Waals surface area contributed by atoms with Gasteiger partial charge in [-0.15, -0.1) is 0 Å². The van der Waals surface area contributed by atoms with Crippen LogP contribution in [0.25, 0.3) is 0 Å². The average molecular weight is 264 g/mol. The molecule has 1 rings (SSSR count). The van der Waals surface area contributed by atoms with E-state index in [9.17, 15) is 0 Å². The third-order valence-corrected chi connectivity index (χ3v) is 3.07. The molecule has 0 unspecified atom stereocenters. The Labute approximate surface area is 117 Å². The lowest BCUT2D eigenvalue weighted by atomic mass is 10.0. The van der Waals surface area contributed by atoms with Crippen molar-refractivity contribution in [2.24, 2.45) is 0 Å². The smallest absolute Gasteiger partial charge is 0.137 e. The van der Waals surface area contributed by atoms with Crippen molar-refractivity contribution in [3.05, 3.63) is 11.9 Å². The van der Waals surface area contributed by atoms with Crippen LogP contribution in [-0.4, -0.2) is 29.6 Å². The topological polar surface area (TPSA) is 41.1 Å². The molecule has 0 bridgehead atoms. The molecule has 1 heterocycles. The van der Waals surface area contributed by atoms with E-state index in [1.807, 2.05) is 0 Å². The molecule has 0 aliphatic rings. The first kappa shape index (κ1) is 15.7. The second kappa shape index (κ2) is 7.97. The average Bonchev–Trinajstić information content (AvgIpc) is 2.38. The molecule has 4 heteroatoms. The zero-order chi connectivity index (χ0) is 14.3. The zero-order valence-corrected chi connectivity index (χ0v) is 13.0. The lowest BCUT2D eigenvalue weighted by Gasteiger charge is -2.27. The third-order valence-electron chi connectivity index (χ3n) is 3.07. The summed E-state index contributed by atoms with van der Waals surface area (Å²) in [6.45, 7) is 13.9. The van der Waals surface area contributed by atoms with Crippen molar-refractivity contribution in [3.8, 4) is 0 Å². The van der Waals surface area contributed by atoms with E-state index in [0.29, 0.717) is 5.92 Å². The highest BCUT2D eigenvalue weighted by Gasteiger charge is 2.18. The number of hydrogen-bond acceptors (Lipinski definition) is 4. The molecule has 1 aromatic heterocycles. The van der Waals surface area contributed by atoms with Crippen molar-refractivity contribution in [2.45, 2.75) is 53.4 Å². The molecule has 19 heavy (non-hydrogen) atoms. The van der Waals surface area contributed by atoms with Gasteiger partial charge in [-0.25, -0.2) is 9.97 Å². The fourth-order valence-electron chi connectivity index (χ4n) is 2.34. The van der Waals surface area contributed by atoms with Gasteiger partial charge in [0.25, 0.3) is 0 Å². The van der Waals surface area contributed by atoms with Crippen LogP contribution in [0, 0.1) is 0 Å². The third kappa shape index (κ3) is 4.08. The summed E-state index contributed by atoms with van der Waals surface area (Å²) in [6.07, 6.45) is 3.95. The lowest BCUT2D eigenvalue weighted by Crippen LogP contribution is -2.28. The number of nitrogens with zero attached hydrogens (tertiary/aromatic N) is 3. The predicted octanol–water partition coefficient (Wildman–Crippen LogP) is 3.66. The minimum absolute atomic E-state index is 0.418. The van der Waals surface area contributed by atoms with Crippen LogP contribution in [0.4, 0.5) is 11.6 Å². The normalized spacial score (nSPS) is 10.8. The monoisotopic (exact) mass is 264 g/mol. The Morgan fingerprint density at radius 3 is 2.21 bits per heavy atom. The van der Waals surface area contributed by atoms with Gasteiger partial charge in [-0.1, -0.05) is 27.7 Å². The molecule has 0 amide bonds. The van der Waals surface area contributed by atoms with E-state index in [4.69, 9.17) is 0 Å². The van der Waals surface area contributed by atoms with Crippen LogP contribution >= 0.6 is 0 Å². The summed E-state index contributed by atoms with van der Waals surface area (Å²) in [5, 5.41) is 3.36. The Bertz CT molecular complexity index is 370. The van der Waals surface area contributed by atoms with Crippen LogP contribution < -0.4 is 10.2 Å². The fourth-order valence-corrected chi connectivity index (χ4v) is 2.34. The van der Waals surface area contributed by atoms with Gasteiger partial charge in [-0.05, 0) is 25.7 Å². The first-order chi connectivity index (χ1) is 9.15. The van der Waals surface area contributed by atoms with Crippen LogP contribution in [-0.2, 0) is 0 Å². The minimum Gasteiger partial charge on any atom is -0.370 e. The van der Waals surface area contributed by atoms with Gasteiger partial charge in [0.15, 0.2) is 0 Å². The van der Waals surface area contributed by atoms with Crippen molar-refractivity contribution in [1.82, 2.24) is 9.97 Å². The quantitative estimate of drug-likeness (QED) is 0.778. The summed E-state index contributed by atoms with van der Waals surface area (Å²) in [5.74, 6) is 2.51. The molecule has 0 spiro atoms. The molecule has 1 aromatic rings. The molecule has 0 aromatic carbocycles. The van der Waals surface area contributed by atoms with Crippen LogP contribution in [0.5, 0.6) is 0 Å². The zero-order valence-electron chi connectivity index (χ0n) is 13.0. The Morgan fingerprint density at radius 2 is 1.74 bits per heavy atom. The molecule has 0 saturated carbocycles. The van der Waals surface area contributed by atoms with Crippen LogP contribution in [0.15, 0.2) is 6.33 Å².